The maximum atomic E-state index is 13.2. The normalized spacial score (nSPS) is 16.0. The van der Waals surface area contributed by atoms with E-state index in [4.69, 9.17) is 20.8 Å². The SMILES string of the molecule is COc1ccc2[nH]cc(CCN3C(=O)C(O)=C(C(=O)c4ccco4)[C@H]3c3ccc(Cl)cc3)c2c1. The van der Waals surface area contributed by atoms with Crippen LogP contribution in [0, 0.1) is 0 Å². The minimum Gasteiger partial charge on any atom is -0.503 e. The molecule has 0 fully saturated rings. The number of amides is 1. The summed E-state index contributed by atoms with van der Waals surface area (Å²) in [7, 11) is 1.61. The van der Waals surface area contributed by atoms with Crippen molar-refractivity contribution in [3.05, 3.63) is 100 Å². The lowest BCUT2D eigenvalue weighted by Crippen LogP contribution is -2.33. The fourth-order valence-electron chi connectivity index (χ4n) is 4.38. The smallest absolute Gasteiger partial charge is 0.290 e. The summed E-state index contributed by atoms with van der Waals surface area (Å²) in [5, 5.41) is 12.3. The van der Waals surface area contributed by atoms with Gasteiger partial charge in [-0.15, -0.1) is 0 Å². The molecule has 0 saturated carbocycles. The van der Waals surface area contributed by atoms with Gasteiger partial charge in [-0.3, -0.25) is 9.59 Å². The Morgan fingerprint density at radius 2 is 2.00 bits per heavy atom. The molecule has 34 heavy (non-hydrogen) atoms. The summed E-state index contributed by atoms with van der Waals surface area (Å²) in [6.07, 6.45) is 3.77. The van der Waals surface area contributed by atoms with Crippen molar-refractivity contribution in [3.8, 4) is 5.75 Å². The van der Waals surface area contributed by atoms with Crippen LogP contribution in [0.4, 0.5) is 0 Å². The molecule has 0 saturated heterocycles. The number of carbonyl (C=O) groups is 2. The number of aromatic amines is 1. The molecule has 8 heteroatoms. The fourth-order valence-corrected chi connectivity index (χ4v) is 4.51. The number of hydrogen-bond acceptors (Lipinski definition) is 5. The molecule has 2 N–H and O–H groups in total. The van der Waals surface area contributed by atoms with Crippen LogP contribution in [0.2, 0.25) is 5.02 Å². The van der Waals surface area contributed by atoms with Crippen molar-refractivity contribution in [2.45, 2.75) is 12.5 Å². The maximum absolute atomic E-state index is 13.2. The Kier molecular flexibility index (Phi) is 5.63. The summed E-state index contributed by atoms with van der Waals surface area (Å²) in [6.45, 7) is 0.273. The van der Waals surface area contributed by atoms with Crippen LogP contribution in [-0.2, 0) is 11.2 Å². The molecule has 0 radical (unpaired) electrons. The lowest BCUT2D eigenvalue weighted by molar-refractivity contribution is -0.129. The van der Waals surface area contributed by atoms with Gasteiger partial charge in [-0.1, -0.05) is 23.7 Å². The Hall–Kier alpha value is -3.97. The van der Waals surface area contributed by atoms with Gasteiger partial charge >= 0.3 is 0 Å². The number of ketones is 1. The highest BCUT2D eigenvalue weighted by atomic mass is 35.5. The van der Waals surface area contributed by atoms with Crippen LogP contribution >= 0.6 is 11.6 Å². The number of H-pyrrole nitrogens is 1. The number of methoxy groups -OCH3 is 1. The summed E-state index contributed by atoms with van der Waals surface area (Å²) in [5.41, 5.74) is 2.59. The molecule has 0 bridgehead atoms. The summed E-state index contributed by atoms with van der Waals surface area (Å²) in [6, 6.07) is 14.9. The van der Waals surface area contributed by atoms with Gasteiger partial charge in [0.1, 0.15) is 5.75 Å². The second-order valence-electron chi connectivity index (χ2n) is 8.00. The van der Waals surface area contributed by atoms with Crippen LogP contribution < -0.4 is 4.74 Å². The molecule has 2 aromatic carbocycles. The number of nitrogens with zero attached hydrogens (tertiary/aromatic N) is 1. The van der Waals surface area contributed by atoms with E-state index in [1.807, 2.05) is 24.4 Å². The number of carbonyl (C=O) groups excluding carboxylic acids is 2. The first kappa shape index (κ1) is 21.9. The molecule has 7 nitrogen and oxygen atoms in total. The third-order valence-corrected chi connectivity index (χ3v) is 6.33. The van der Waals surface area contributed by atoms with Gasteiger partial charge in [0.05, 0.1) is 25.0 Å². The minimum atomic E-state index is -0.776. The molecule has 0 aliphatic carbocycles. The van der Waals surface area contributed by atoms with Gasteiger partial charge in [-0.25, -0.2) is 0 Å². The Labute approximate surface area is 200 Å². The van der Waals surface area contributed by atoms with Crippen LogP contribution in [0.25, 0.3) is 10.9 Å². The predicted molar refractivity (Wildman–Crippen MR) is 127 cm³/mol. The first-order chi connectivity index (χ1) is 16.5. The minimum absolute atomic E-state index is 0.0112. The molecular weight excluding hydrogens is 456 g/mol. The van der Waals surface area contributed by atoms with Gasteiger partial charge in [0.25, 0.3) is 5.91 Å². The van der Waals surface area contributed by atoms with Gasteiger partial charge in [-0.2, -0.15) is 0 Å². The van der Waals surface area contributed by atoms with E-state index in [1.54, 1.807) is 37.4 Å². The standard InChI is InChI=1S/C26H21ClN2O5/c1-33-18-8-9-20-19(13-18)16(14-28-20)10-11-29-23(15-4-6-17(27)7-5-15)22(25(31)26(29)32)24(30)21-3-2-12-34-21/h2-9,12-14,23,28,31H,10-11H2,1H3/t23-/m1/s1. The molecule has 5 rings (SSSR count). The topological polar surface area (TPSA) is 95.8 Å². The Balaban J connectivity index is 1.50. The number of fused-ring (bicyclic) bond motifs is 1. The number of hydrogen-bond donors (Lipinski definition) is 2. The van der Waals surface area contributed by atoms with Gasteiger partial charge in [0, 0.05) is 28.7 Å². The van der Waals surface area contributed by atoms with Crippen molar-refractivity contribution < 1.29 is 23.8 Å². The number of Topliss-reactive ketones (excluding diaryl/α,β-unsaturated/α-hetero) is 1. The highest BCUT2D eigenvalue weighted by Crippen LogP contribution is 2.39. The van der Waals surface area contributed by atoms with E-state index in [0.717, 1.165) is 22.2 Å². The zero-order valence-electron chi connectivity index (χ0n) is 18.2. The average molecular weight is 477 g/mol. The van der Waals surface area contributed by atoms with E-state index in [2.05, 4.69) is 4.98 Å². The maximum Gasteiger partial charge on any atom is 0.290 e. The number of ether oxygens (including phenoxy) is 1. The molecule has 1 amide bonds. The summed E-state index contributed by atoms with van der Waals surface area (Å²) in [5.74, 6) is -0.918. The van der Waals surface area contributed by atoms with Crippen LogP contribution in [0.3, 0.4) is 0 Å². The van der Waals surface area contributed by atoms with E-state index in [9.17, 15) is 14.7 Å². The van der Waals surface area contributed by atoms with Crippen molar-refractivity contribution in [2.24, 2.45) is 0 Å². The molecule has 3 heterocycles. The molecule has 172 valence electrons. The predicted octanol–water partition coefficient (Wildman–Crippen LogP) is 5.24. The first-order valence-corrected chi connectivity index (χ1v) is 11.1. The summed E-state index contributed by atoms with van der Waals surface area (Å²) < 4.78 is 10.6. The number of nitrogens with one attached hydrogen (secondary N) is 1. The average Bonchev–Trinajstić information content (AvgIpc) is 3.58. The van der Waals surface area contributed by atoms with E-state index in [0.29, 0.717) is 17.0 Å². The zero-order chi connectivity index (χ0) is 23.8. The number of halogens is 1. The second kappa shape index (κ2) is 8.76. The quantitative estimate of drug-likeness (QED) is 0.355. The second-order valence-corrected chi connectivity index (χ2v) is 8.43. The highest BCUT2D eigenvalue weighted by molar-refractivity contribution is 6.30. The van der Waals surface area contributed by atoms with Crippen LogP contribution in [0.1, 0.15) is 27.7 Å². The molecule has 4 aromatic rings. The number of benzene rings is 2. The van der Waals surface area contributed by atoms with E-state index in [-0.39, 0.29) is 17.9 Å². The number of furan rings is 1. The van der Waals surface area contributed by atoms with Gasteiger partial charge in [0.15, 0.2) is 11.5 Å². The highest BCUT2D eigenvalue weighted by Gasteiger charge is 2.44. The third-order valence-electron chi connectivity index (χ3n) is 6.08. The van der Waals surface area contributed by atoms with E-state index < -0.39 is 23.5 Å². The van der Waals surface area contributed by atoms with Crippen molar-refractivity contribution in [1.82, 2.24) is 9.88 Å². The van der Waals surface area contributed by atoms with Gasteiger partial charge < -0.3 is 24.1 Å². The van der Waals surface area contributed by atoms with Crippen molar-refractivity contribution >= 4 is 34.2 Å². The number of aliphatic hydroxyl groups excluding tert-OH is 1. The van der Waals surface area contributed by atoms with Gasteiger partial charge in [0.2, 0.25) is 5.78 Å². The monoisotopic (exact) mass is 476 g/mol. The Morgan fingerprint density at radius 1 is 1.21 bits per heavy atom. The number of aromatic nitrogens is 1. The lowest BCUT2D eigenvalue weighted by Gasteiger charge is -2.26. The van der Waals surface area contributed by atoms with E-state index >= 15 is 0 Å². The van der Waals surface area contributed by atoms with Crippen LogP contribution in [-0.4, -0.2) is 40.3 Å². The zero-order valence-corrected chi connectivity index (χ0v) is 19.0. The van der Waals surface area contributed by atoms with Crippen LogP contribution in [0.15, 0.2) is 82.8 Å². The molecule has 1 aliphatic heterocycles. The lowest BCUT2D eigenvalue weighted by atomic mass is 9.95. The summed E-state index contributed by atoms with van der Waals surface area (Å²) >= 11 is 6.06. The van der Waals surface area contributed by atoms with Crippen molar-refractivity contribution in [3.63, 3.8) is 0 Å². The third kappa shape index (κ3) is 3.74. The first-order valence-electron chi connectivity index (χ1n) is 10.7. The van der Waals surface area contributed by atoms with Gasteiger partial charge in [-0.05, 0) is 60.0 Å². The fraction of sp³-hybridized carbons (Fsp3) is 0.154. The Morgan fingerprint density at radius 3 is 2.71 bits per heavy atom. The molecule has 0 spiro atoms. The molecule has 1 atom stereocenters. The molecule has 2 aromatic heterocycles. The number of aliphatic hydroxyl groups is 1. The Bertz CT molecular complexity index is 1400. The van der Waals surface area contributed by atoms with Crippen molar-refractivity contribution in [1.29, 1.82) is 0 Å². The number of rotatable bonds is 7. The largest absolute Gasteiger partial charge is 0.503 e. The molecular formula is C26H21ClN2O5. The molecule has 1 aliphatic rings. The van der Waals surface area contributed by atoms with E-state index in [1.165, 1.54) is 17.2 Å². The molecule has 0 unspecified atom stereocenters. The summed E-state index contributed by atoms with van der Waals surface area (Å²) in [4.78, 5) is 31.1. The van der Waals surface area contributed by atoms with Crippen molar-refractivity contribution in [2.75, 3.05) is 13.7 Å². The van der Waals surface area contributed by atoms with Crippen LogP contribution in [0.5, 0.6) is 5.75 Å².